The maximum absolute atomic E-state index is 12.4. The van der Waals surface area contributed by atoms with Gasteiger partial charge in [-0.15, -0.1) is 0 Å². The van der Waals surface area contributed by atoms with Crippen LogP contribution in [0.5, 0.6) is 0 Å². The average molecular weight is 315 g/mol. The Bertz CT molecular complexity index is 777. The van der Waals surface area contributed by atoms with Crippen LogP contribution in [0.25, 0.3) is 10.7 Å². The molecule has 0 aromatic heterocycles. The molecular formula is C16H13ClN3O2+. The number of amides is 1. The molecule has 0 heterocycles. The van der Waals surface area contributed by atoms with E-state index in [4.69, 9.17) is 17.0 Å². The molecule has 1 amide bonds. The molecule has 22 heavy (non-hydrogen) atoms. The van der Waals surface area contributed by atoms with E-state index in [-0.39, 0.29) is 22.6 Å². The number of aliphatic hydroxyl groups is 1. The second-order valence-electron chi connectivity index (χ2n) is 4.54. The Balaban J connectivity index is 2.35. The Labute approximate surface area is 132 Å². The highest BCUT2D eigenvalue weighted by Crippen LogP contribution is 2.22. The first-order chi connectivity index (χ1) is 10.5. The van der Waals surface area contributed by atoms with Crippen LogP contribution in [0.15, 0.2) is 54.2 Å². The minimum absolute atomic E-state index is 0.0201. The molecule has 0 aliphatic heterocycles. The maximum Gasteiger partial charge on any atom is 0.400 e. The molecule has 6 heteroatoms. The highest BCUT2D eigenvalue weighted by Gasteiger charge is 2.20. The lowest BCUT2D eigenvalue weighted by Gasteiger charge is -2.09. The fourth-order valence-corrected chi connectivity index (χ4v) is 1.99. The summed E-state index contributed by atoms with van der Waals surface area (Å²) in [6.07, 6.45) is 0. The number of carbonyl (C=O) groups excluding carboxylic acids is 1. The van der Waals surface area contributed by atoms with Gasteiger partial charge in [0.2, 0.25) is 11.2 Å². The van der Waals surface area contributed by atoms with Gasteiger partial charge in [-0.25, -0.2) is 0 Å². The van der Waals surface area contributed by atoms with Gasteiger partial charge in [-0.1, -0.05) is 29.8 Å². The van der Waals surface area contributed by atoms with E-state index in [1.54, 1.807) is 48.5 Å². The van der Waals surface area contributed by atoms with Crippen LogP contribution < -0.4 is 5.32 Å². The molecule has 0 bridgehead atoms. The van der Waals surface area contributed by atoms with Crippen molar-refractivity contribution in [3.05, 3.63) is 75.4 Å². The van der Waals surface area contributed by atoms with Gasteiger partial charge in [-0.2, -0.15) is 0 Å². The molecule has 0 radical (unpaired) electrons. The number of aliphatic hydroxyl groups excluding tert-OH is 1. The molecule has 2 rings (SSSR count). The Morgan fingerprint density at radius 1 is 1.14 bits per heavy atom. The zero-order chi connectivity index (χ0) is 16.1. The van der Waals surface area contributed by atoms with Gasteiger partial charge in [0.25, 0.3) is 5.91 Å². The van der Waals surface area contributed by atoms with Crippen LogP contribution in [0.1, 0.15) is 22.8 Å². The van der Waals surface area contributed by atoms with Crippen LogP contribution in [-0.2, 0) is 0 Å². The first-order valence-electron chi connectivity index (χ1n) is 6.44. The monoisotopic (exact) mass is 314 g/mol. The summed E-state index contributed by atoms with van der Waals surface area (Å²) in [5.74, 6) is -0.653. The van der Waals surface area contributed by atoms with Gasteiger partial charge in [0.05, 0.1) is 5.56 Å². The van der Waals surface area contributed by atoms with Gasteiger partial charge in [0.15, 0.2) is 4.98 Å². The van der Waals surface area contributed by atoms with Crippen LogP contribution >= 0.6 is 11.6 Å². The number of hydrogen-bond donors (Lipinski definition) is 2. The molecule has 0 spiro atoms. The maximum atomic E-state index is 12.4. The highest BCUT2D eigenvalue weighted by atomic mass is 35.5. The van der Waals surface area contributed by atoms with Crippen molar-refractivity contribution in [2.45, 2.75) is 6.92 Å². The number of nitrogens with zero attached hydrogens (tertiary/aromatic N) is 2. The summed E-state index contributed by atoms with van der Waals surface area (Å²) in [7, 11) is 0. The molecule has 0 aliphatic carbocycles. The molecule has 2 N–H and O–H groups in total. The Kier molecular flexibility index (Phi) is 4.77. The molecular weight excluding hydrogens is 302 g/mol. The second kappa shape index (κ2) is 6.74. The molecule has 0 saturated carbocycles. The Hall–Kier alpha value is -2.84. The van der Waals surface area contributed by atoms with E-state index in [0.29, 0.717) is 10.7 Å². The van der Waals surface area contributed by atoms with Crippen LogP contribution in [-0.4, -0.2) is 11.0 Å². The largest absolute Gasteiger partial charge is 0.501 e. The quantitative estimate of drug-likeness (QED) is 0.637. The fraction of sp³-hybridized carbons (Fsp3) is 0.0625. The fourth-order valence-electron chi connectivity index (χ4n) is 1.86. The lowest BCUT2D eigenvalue weighted by atomic mass is 10.0. The molecule has 0 aliphatic rings. The van der Waals surface area contributed by atoms with Gasteiger partial charge in [-0.3, -0.25) is 4.79 Å². The Morgan fingerprint density at radius 3 is 2.32 bits per heavy atom. The van der Waals surface area contributed by atoms with Gasteiger partial charge in [0, 0.05) is 23.2 Å². The van der Waals surface area contributed by atoms with Crippen molar-refractivity contribution in [3.63, 3.8) is 0 Å². The summed E-state index contributed by atoms with van der Waals surface area (Å²) >= 11 is 5.80. The molecule has 0 saturated heterocycles. The first kappa shape index (κ1) is 15.5. The number of carbonyl (C=O) groups is 1. The van der Waals surface area contributed by atoms with Crippen LogP contribution in [0.2, 0.25) is 5.02 Å². The second-order valence-corrected chi connectivity index (χ2v) is 4.98. The predicted octanol–water partition coefficient (Wildman–Crippen LogP) is 4.69. The SMILES string of the molecule is C/C([N+]#N)=C(/O)c1ccccc1C(=O)Nc1ccc(Cl)cc1. The lowest BCUT2D eigenvalue weighted by Crippen LogP contribution is -2.14. The number of nitrogens with one attached hydrogen (secondary N) is 1. The lowest BCUT2D eigenvalue weighted by molar-refractivity contribution is 0.102. The molecule has 0 unspecified atom stereocenters. The van der Waals surface area contributed by atoms with Crippen molar-refractivity contribution < 1.29 is 9.90 Å². The minimum Gasteiger partial charge on any atom is -0.501 e. The number of rotatable bonds is 3. The summed E-state index contributed by atoms with van der Waals surface area (Å²) < 4.78 is 0. The zero-order valence-electron chi connectivity index (χ0n) is 11.7. The number of benzene rings is 2. The smallest absolute Gasteiger partial charge is 0.400 e. The molecule has 110 valence electrons. The predicted molar refractivity (Wildman–Crippen MR) is 86.2 cm³/mol. The van der Waals surface area contributed by atoms with E-state index in [2.05, 4.69) is 10.3 Å². The van der Waals surface area contributed by atoms with E-state index in [1.807, 2.05) is 0 Å². The molecule has 2 aromatic rings. The first-order valence-corrected chi connectivity index (χ1v) is 6.82. The van der Waals surface area contributed by atoms with E-state index in [0.717, 1.165) is 0 Å². The van der Waals surface area contributed by atoms with Crippen molar-refractivity contribution in [2.24, 2.45) is 0 Å². The van der Waals surface area contributed by atoms with Crippen LogP contribution in [0.4, 0.5) is 5.69 Å². The van der Waals surface area contributed by atoms with Gasteiger partial charge in [0.1, 0.15) is 0 Å². The van der Waals surface area contributed by atoms with Crippen molar-refractivity contribution in [1.82, 2.24) is 0 Å². The number of halogens is 1. The van der Waals surface area contributed by atoms with Crippen molar-refractivity contribution >= 4 is 29.0 Å². The summed E-state index contributed by atoms with van der Waals surface area (Å²) in [5, 5.41) is 22.1. The van der Waals surface area contributed by atoms with E-state index >= 15 is 0 Å². The standard InChI is InChI=1S/C16H12ClN3O2/c1-10(20-18)15(21)13-4-2-3-5-14(13)16(22)19-12-8-6-11(17)7-9-12/h2-9H,1H3,(H-,19,21,22)/p+1/b15-10-. The van der Waals surface area contributed by atoms with Gasteiger partial charge in [-0.05, 0) is 30.3 Å². The zero-order valence-corrected chi connectivity index (χ0v) is 12.5. The minimum atomic E-state index is -0.393. The molecule has 5 nitrogen and oxygen atoms in total. The third-order valence-electron chi connectivity index (χ3n) is 3.02. The van der Waals surface area contributed by atoms with E-state index in [9.17, 15) is 9.90 Å². The molecule has 0 fully saturated rings. The van der Waals surface area contributed by atoms with Crippen LogP contribution in [0.3, 0.4) is 0 Å². The third kappa shape index (κ3) is 3.43. The van der Waals surface area contributed by atoms with Crippen molar-refractivity contribution in [1.29, 1.82) is 5.39 Å². The molecule has 0 atom stereocenters. The van der Waals surface area contributed by atoms with Crippen LogP contribution in [0, 0.1) is 5.39 Å². The van der Waals surface area contributed by atoms with Gasteiger partial charge < -0.3 is 10.4 Å². The van der Waals surface area contributed by atoms with E-state index in [1.165, 1.54) is 6.92 Å². The third-order valence-corrected chi connectivity index (χ3v) is 3.27. The number of hydrogen-bond acceptors (Lipinski definition) is 3. The van der Waals surface area contributed by atoms with Crippen molar-refractivity contribution in [2.75, 3.05) is 5.32 Å². The number of allylic oxidation sites excluding steroid dienone is 1. The van der Waals surface area contributed by atoms with Gasteiger partial charge >= 0.3 is 5.70 Å². The molecule has 2 aromatic carbocycles. The topological polar surface area (TPSA) is 77.5 Å². The summed E-state index contributed by atoms with van der Waals surface area (Å²) in [4.78, 5) is 15.3. The summed E-state index contributed by atoms with van der Waals surface area (Å²) in [6.45, 7) is 1.43. The highest BCUT2D eigenvalue weighted by molar-refractivity contribution is 6.30. The normalized spacial score (nSPS) is 11.3. The van der Waals surface area contributed by atoms with Crippen molar-refractivity contribution in [3.8, 4) is 0 Å². The Morgan fingerprint density at radius 2 is 1.73 bits per heavy atom. The summed E-state index contributed by atoms with van der Waals surface area (Å²) in [6, 6.07) is 13.2. The summed E-state index contributed by atoms with van der Waals surface area (Å²) in [5.41, 5.74) is 1.14. The number of anilines is 1. The van der Waals surface area contributed by atoms with E-state index < -0.39 is 5.91 Å². The average Bonchev–Trinajstić information content (AvgIpc) is 2.55. The number of diazo groups is 1.